The lowest BCUT2D eigenvalue weighted by atomic mass is 9.84. The van der Waals surface area contributed by atoms with Crippen molar-refractivity contribution in [3.05, 3.63) is 0 Å². The molecule has 1 N–H and O–H groups in total. The lowest BCUT2D eigenvalue weighted by Crippen LogP contribution is -2.36. The molecule has 1 unspecified atom stereocenters. The van der Waals surface area contributed by atoms with Gasteiger partial charge in [-0.3, -0.25) is 0 Å². The van der Waals surface area contributed by atoms with Crippen LogP contribution in [0.3, 0.4) is 0 Å². The summed E-state index contributed by atoms with van der Waals surface area (Å²) in [6.45, 7) is 2.91. The Morgan fingerprint density at radius 1 is 1.55 bits per heavy atom. The van der Waals surface area contributed by atoms with Gasteiger partial charge in [0.15, 0.2) is 5.60 Å². The standard InChI is InChI=1S/C8H13NO2/c1-8(10,6-9)7-2-4-11-5-3-7/h7,10H,2-5H2,1H3. The maximum Gasteiger partial charge on any atom is 0.151 e. The maximum atomic E-state index is 9.53. The van der Waals surface area contributed by atoms with Gasteiger partial charge in [0.25, 0.3) is 0 Å². The molecule has 0 saturated carbocycles. The topological polar surface area (TPSA) is 53.2 Å². The Bertz CT molecular complexity index is 165. The highest BCUT2D eigenvalue weighted by molar-refractivity contribution is 5.01. The minimum absolute atomic E-state index is 0.0845. The lowest BCUT2D eigenvalue weighted by Gasteiger charge is -2.29. The predicted molar refractivity (Wildman–Crippen MR) is 39.8 cm³/mol. The van der Waals surface area contributed by atoms with Crippen LogP contribution >= 0.6 is 0 Å². The first-order chi connectivity index (χ1) is 5.17. The third kappa shape index (κ3) is 1.92. The molecule has 0 aromatic carbocycles. The van der Waals surface area contributed by atoms with Gasteiger partial charge < -0.3 is 9.84 Å². The molecule has 11 heavy (non-hydrogen) atoms. The number of aliphatic hydroxyl groups is 1. The number of nitriles is 1. The van der Waals surface area contributed by atoms with Gasteiger partial charge in [0.2, 0.25) is 0 Å². The maximum absolute atomic E-state index is 9.53. The molecule has 62 valence electrons. The fourth-order valence-corrected chi connectivity index (χ4v) is 1.35. The van der Waals surface area contributed by atoms with Gasteiger partial charge in [0, 0.05) is 19.1 Å². The van der Waals surface area contributed by atoms with E-state index >= 15 is 0 Å². The van der Waals surface area contributed by atoms with Crippen LogP contribution in [0.5, 0.6) is 0 Å². The first-order valence-electron chi connectivity index (χ1n) is 3.88. The van der Waals surface area contributed by atoms with E-state index in [1.54, 1.807) is 6.92 Å². The van der Waals surface area contributed by atoms with Crippen LogP contribution in [0.2, 0.25) is 0 Å². The molecule has 1 rings (SSSR count). The van der Waals surface area contributed by atoms with Gasteiger partial charge in [-0.1, -0.05) is 0 Å². The first kappa shape index (κ1) is 8.51. The highest BCUT2D eigenvalue weighted by atomic mass is 16.5. The second-order valence-electron chi connectivity index (χ2n) is 3.15. The van der Waals surface area contributed by atoms with Crippen molar-refractivity contribution in [2.75, 3.05) is 13.2 Å². The van der Waals surface area contributed by atoms with E-state index < -0.39 is 5.60 Å². The van der Waals surface area contributed by atoms with E-state index in [0.717, 1.165) is 12.8 Å². The molecule has 1 fully saturated rings. The van der Waals surface area contributed by atoms with E-state index in [4.69, 9.17) is 10.00 Å². The Kier molecular flexibility index (Phi) is 2.48. The van der Waals surface area contributed by atoms with E-state index in [2.05, 4.69) is 0 Å². The highest BCUT2D eigenvalue weighted by Gasteiger charge is 2.32. The van der Waals surface area contributed by atoms with Gasteiger partial charge in [0.1, 0.15) is 0 Å². The van der Waals surface area contributed by atoms with Gasteiger partial charge in [-0.15, -0.1) is 0 Å². The zero-order chi connectivity index (χ0) is 8.32. The Labute approximate surface area is 66.6 Å². The van der Waals surface area contributed by atoms with Crippen LogP contribution in [0.15, 0.2) is 0 Å². The van der Waals surface area contributed by atoms with Crippen LogP contribution in [0.4, 0.5) is 0 Å². The van der Waals surface area contributed by atoms with E-state index in [0.29, 0.717) is 13.2 Å². The van der Waals surface area contributed by atoms with E-state index in [9.17, 15) is 5.11 Å². The van der Waals surface area contributed by atoms with Crippen molar-refractivity contribution in [1.29, 1.82) is 5.26 Å². The summed E-state index contributed by atoms with van der Waals surface area (Å²) in [6, 6.07) is 1.91. The summed E-state index contributed by atoms with van der Waals surface area (Å²) in [4.78, 5) is 0. The number of ether oxygens (including phenoxy) is 1. The molecule has 1 heterocycles. The van der Waals surface area contributed by atoms with Crippen LogP contribution in [0.1, 0.15) is 19.8 Å². The van der Waals surface area contributed by atoms with Gasteiger partial charge in [-0.2, -0.15) is 5.26 Å². The summed E-state index contributed by atoms with van der Waals surface area (Å²) in [5.41, 5.74) is -1.16. The molecule has 1 atom stereocenters. The van der Waals surface area contributed by atoms with Crippen molar-refractivity contribution in [3.8, 4) is 6.07 Å². The average Bonchev–Trinajstić information content (AvgIpc) is 2.06. The molecule has 1 saturated heterocycles. The first-order valence-corrected chi connectivity index (χ1v) is 3.88. The van der Waals surface area contributed by atoms with Gasteiger partial charge in [-0.05, 0) is 19.8 Å². The number of rotatable bonds is 1. The minimum atomic E-state index is -1.16. The summed E-state index contributed by atoms with van der Waals surface area (Å²) in [6.07, 6.45) is 1.58. The van der Waals surface area contributed by atoms with Crippen LogP contribution in [0.25, 0.3) is 0 Å². The molecule has 0 aromatic rings. The molecule has 0 bridgehead atoms. The monoisotopic (exact) mass is 155 g/mol. The van der Waals surface area contributed by atoms with Crippen LogP contribution in [-0.4, -0.2) is 23.9 Å². The molecule has 0 aromatic heterocycles. The van der Waals surface area contributed by atoms with Crippen molar-refractivity contribution in [2.24, 2.45) is 5.92 Å². The summed E-state index contributed by atoms with van der Waals surface area (Å²) in [7, 11) is 0. The molecule has 0 aliphatic carbocycles. The Morgan fingerprint density at radius 3 is 2.55 bits per heavy atom. The Morgan fingerprint density at radius 2 is 2.09 bits per heavy atom. The second kappa shape index (κ2) is 3.21. The molecular weight excluding hydrogens is 142 g/mol. The number of hydrogen-bond donors (Lipinski definition) is 1. The molecule has 3 nitrogen and oxygen atoms in total. The van der Waals surface area contributed by atoms with Crippen LogP contribution in [0, 0.1) is 17.2 Å². The minimum Gasteiger partial charge on any atom is -0.381 e. The normalized spacial score (nSPS) is 25.5. The third-order valence-electron chi connectivity index (χ3n) is 2.24. The van der Waals surface area contributed by atoms with E-state index in [-0.39, 0.29) is 5.92 Å². The second-order valence-corrected chi connectivity index (χ2v) is 3.15. The van der Waals surface area contributed by atoms with Gasteiger partial charge in [0.05, 0.1) is 6.07 Å². The van der Waals surface area contributed by atoms with Crippen LogP contribution in [-0.2, 0) is 4.74 Å². The fraction of sp³-hybridized carbons (Fsp3) is 0.875. The number of nitrogens with zero attached hydrogens (tertiary/aromatic N) is 1. The van der Waals surface area contributed by atoms with Crippen molar-refractivity contribution in [1.82, 2.24) is 0 Å². The summed E-state index contributed by atoms with van der Waals surface area (Å²) in [5.74, 6) is 0.0845. The van der Waals surface area contributed by atoms with Gasteiger partial charge in [-0.25, -0.2) is 0 Å². The lowest BCUT2D eigenvalue weighted by molar-refractivity contribution is -0.0196. The average molecular weight is 155 g/mol. The molecule has 3 heteroatoms. The summed E-state index contributed by atoms with van der Waals surface area (Å²) < 4.78 is 5.12. The van der Waals surface area contributed by atoms with E-state index in [1.807, 2.05) is 6.07 Å². The van der Waals surface area contributed by atoms with Crippen molar-refractivity contribution in [2.45, 2.75) is 25.4 Å². The third-order valence-corrected chi connectivity index (χ3v) is 2.24. The highest BCUT2D eigenvalue weighted by Crippen LogP contribution is 2.26. The molecule has 1 aliphatic rings. The zero-order valence-corrected chi connectivity index (χ0v) is 6.71. The van der Waals surface area contributed by atoms with Crippen molar-refractivity contribution < 1.29 is 9.84 Å². The molecule has 0 spiro atoms. The molecule has 1 aliphatic heterocycles. The van der Waals surface area contributed by atoms with Crippen molar-refractivity contribution >= 4 is 0 Å². The van der Waals surface area contributed by atoms with Gasteiger partial charge >= 0.3 is 0 Å². The molecular formula is C8H13NO2. The SMILES string of the molecule is CC(O)(C#N)C1CCOCC1. The molecule has 0 radical (unpaired) electrons. The largest absolute Gasteiger partial charge is 0.381 e. The molecule has 0 amide bonds. The Hall–Kier alpha value is -0.590. The van der Waals surface area contributed by atoms with Crippen molar-refractivity contribution in [3.63, 3.8) is 0 Å². The zero-order valence-electron chi connectivity index (χ0n) is 6.71. The van der Waals surface area contributed by atoms with E-state index in [1.165, 1.54) is 0 Å². The fourth-order valence-electron chi connectivity index (χ4n) is 1.35. The Balaban J connectivity index is 2.52. The summed E-state index contributed by atoms with van der Waals surface area (Å²) in [5, 5.41) is 18.1. The predicted octanol–water partition coefficient (Wildman–Crippen LogP) is 0.688. The number of hydrogen-bond acceptors (Lipinski definition) is 3. The summed E-state index contributed by atoms with van der Waals surface area (Å²) >= 11 is 0. The van der Waals surface area contributed by atoms with Crippen LogP contribution < -0.4 is 0 Å². The quantitative estimate of drug-likeness (QED) is 0.567. The smallest absolute Gasteiger partial charge is 0.151 e.